The zero-order chi connectivity index (χ0) is 19.1. The van der Waals surface area contributed by atoms with Crippen molar-refractivity contribution in [3.63, 3.8) is 0 Å². The van der Waals surface area contributed by atoms with Crippen LogP contribution in [0.5, 0.6) is 11.5 Å². The number of phenolic OH excluding ortho intramolecular Hbond substituents is 1. The number of carboxylic acids is 1. The van der Waals surface area contributed by atoms with Crippen molar-refractivity contribution in [3.8, 4) is 11.5 Å². The Hall–Kier alpha value is -2.49. The van der Waals surface area contributed by atoms with Gasteiger partial charge in [-0.3, -0.25) is 0 Å². The maximum atomic E-state index is 11.4. The van der Waals surface area contributed by atoms with Gasteiger partial charge >= 0.3 is 5.97 Å². The quantitative estimate of drug-likeness (QED) is 0.624. The van der Waals surface area contributed by atoms with Crippen molar-refractivity contribution in [2.24, 2.45) is 0 Å². The van der Waals surface area contributed by atoms with Crippen molar-refractivity contribution in [2.45, 2.75) is 59.0 Å². The number of hydrogen-bond donors (Lipinski definition) is 2. The Morgan fingerprint density at radius 1 is 1.00 bits per heavy atom. The molecule has 1 unspecified atom stereocenters. The number of hydrogen-bond acceptors (Lipinski definition) is 3. The highest BCUT2D eigenvalue weighted by Gasteiger charge is 2.18. The third-order valence-corrected chi connectivity index (χ3v) is 4.56. The predicted molar refractivity (Wildman–Crippen MR) is 103 cm³/mol. The number of phenols is 1. The second-order valence-electron chi connectivity index (χ2n) is 6.94. The van der Waals surface area contributed by atoms with Gasteiger partial charge in [-0.15, -0.1) is 0 Å². The summed E-state index contributed by atoms with van der Waals surface area (Å²) in [5, 5.41) is 19.2. The molecule has 4 nitrogen and oxygen atoms in total. The summed E-state index contributed by atoms with van der Waals surface area (Å²) in [5.74, 6) is 0.0414. The normalized spacial score (nSPS) is 12.0. The number of carbonyl (C=O) groups is 1. The molecule has 0 spiro atoms. The molecular formula is C22H28O4. The number of aliphatic carboxylic acids is 1. The van der Waals surface area contributed by atoms with Crippen molar-refractivity contribution < 1.29 is 19.7 Å². The van der Waals surface area contributed by atoms with Crippen molar-refractivity contribution in [2.75, 3.05) is 0 Å². The Morgan fingerprint density at radius 3 is 2.19 bits per heavy atom. The Kier molecular flexibility index (Phi) is 7.07. The molecule has 2 rings (SSSR count). The molecule has 1 atom stereocenters. The third kappa shape index (κ3) is 5.80. The summed E-state index contributed by atoms with van der Waals surface area (Å²) in [6.45, 7) is 5.80. The van der Waals surface area contributed by atoms with Crippen LogP contribution in [-0.2, 0) is 11.2 Å². The average molecular weight is 356 g/mol. The molecule has 2 aromatic carbocycles. The largest absolute Gasteiger partial charge is 0.507 e. The van der Waals surface area contributed by atoms with Crippen molar-refractivity contribution in [1.29, 1.82) is 0 Å². The SMILES string of the molecule is Cc1ccc(OC(CCCCCc2cc(C)c(O)c(C)c2)C(=O)O)cc1. The van der Waals surface area contributed by atoms with Crippen LogP contribution < -0.4 is 4.74 Å². The molecule has 0 aliphatic carbocycles. The number of rotatable bonds is 9. The highest BCUT2D eigenvalue weighted by Crippen LogP contribution is 2.24. The van der Waals surface area contributed by atoms with E-state index in [-0.39, 0.29) is 0 Å². The summed E-state index contributed by atoms with van der Waals surface area (Å²) in [5.41, 5.74) is 4.13. The first kappa shape index (κ1) is 19.8. The fraction of sp³-hybridized carbons (Fsp3) is 0.409. The molecule has 0 saturated heterocycles. The molecule has 0 fully saturated rings. The molecule has 0 radical (unpaired) electrons. The van der Waals surface area contributed by atoms with Crippen molar-refractivity contribution in [3.05, 3.63) is 58.7 Å². The molecule has 26 heavy (non-hydrogen) atoms. The number of ether oxygens (including phenoxy) is 1. The number of benzene rings is 2. The molecule has 2 N–H and O–H groups in total. The maximum absolute atomic E-state index is 11.4. The van der Waals surface area contributed by atoms with Crippen LogP contribution in [0.3, 0.4) is 0 Å². The van der Waals surface area contributed by atoms with Gasteiger partial charge in [-0.2, -0.15) is 0 Å². The van der Waals surface area contributed by atoms with Crippen LogP contribution in [-0.4, -0.2) is 22.3 Å². The van der Waals surface area contributed by atoms with E-state index in [1.807, 2.05) is 45.0 Å². The molecule has 0 heterocycles. The molecule has 0 bridgehead atoms. The van der Waals surface area contributed by atoms with Crippen LogP contribution in [0.1, 0.15) is 47.9 Å². The predicted octanol–water partition coefficient (Wildman–Crippen LogP) is 4.95. The topological polar surface area (TPSA) is 66.8 Å². The standard InChI is InChI=1S/C22H28O4/c1-15-9-11-19(12-10-15)26-20(22(24)25)8-6-4-5-7-18-13-16(2)21(23)17(3)14-18/h9-14,20,23H,4-8H2,1-3H3,(H,24,25). The van der Waals surface area contributed by atoms with Crippen molar-refractivity contribution >= 4 is 5.97 Å². The summed E-state index contributed by atoms with van der Waals surface area (Å²) < 4.78 is 5.61. The Morgan fingerprint density at radius 2 is 1.62 bits per heavy atom. The third-order valence-electron chi connectivity index (χ3n) is 4.56. The zero-order valence-corrected chi connectivity index (χ0v) is 15.8. The van der Waals surface area contributed by atoms with Gasteiger partial charge in [0, 0.05) is 0 Å². The van der Waals surface area contributed by atoms with E-state index in [2.05, 4.69) is 0 Å². The Labute approximate surface area is 155 Å². The zero-order valence-electron chi connectivity index (χ0n) is 15.8. The first-order valence-electron chi connectivity index (χ1n) is 9.12. The monoisotopic (exact) mass is 356 g/mol. The van der Waals surface area contributed by atoms with E-state index in [0.29, 0.717) is 17.9 Å². The highest BCUT2D eigenvalue weighted by atomic mass is 16.5. The van der Waals surface area contributed by atoms with Crippen LogP contribution >= 0.6 is 0 Å². The van der Waals surface area contributed by atoms with Crippen molar-refractivity contribution in [1.82, 2.24) is 0 Å². The van der Waals surface area contributed by atoms with E-state index in [0.717, 1.165) is 42.4 Å². The van der Waals surface area contributed by atoms with Crippen LogP contribution in [0.25, 0.3) is 0 Å². The van der Waals surface area contributed by atoms with Gasteiger partial charge in [0.05, 0.1) is 0 Å². The molecule has 0 aliphatic rings. The Balaban J connectivity index is 1.77. The van der Waals surface area contributed by atoms with Crippen LogP contribution in [0.15, 0.2) is 36.4 Å². The molecule has 0 saturated carbocycles. The smallest absolute Gasteiger partial charge is 0.344 e. The second kappa shape index (κ2) is 9.27. The van der Waals surface area contributed by atoms with Gasteiger partial charge in [0.15, 0.2) is 6.10 Å². The van der Waals surface area contributed by atoms with E-state index < -0.39 is 12.1 Å². The van der Waals surface area contributed by atoms with E-state index in [1.165, 1.54) is 5.56 Å². The van der Waals surface area contributed by atoms with E-state index in [4.69, 9.17) is 4.74 Å². The fourth-order valence-corrected chi connectivity index (χ4v) is 3.04. The number of unbranched alkanes of at least 4 members (excludes halogenated alkanes) is 2. The lowest BCUT2D eigenvalue weighted by atomic mass is 10.0. The van der Waals surface area contributed by atoms with Gasteiger partial charge in [-0.05, 0) is 75.3 Å². The Bertz CT molecular complexity index is 711. The van der Waals surface area contributed by atoms with E-state index in [9.17, 15) is 15.0 Å². The fourth-order valence-electron chi connectivity index (χ4n) is 3.04. The van der Waals surface area contributed by atoms with Crippen LogP contribution in [0, 0.1) is 20.8 Å². The van der Waals surface area contributed by atoms with Gasteiger partial charge in [-0.25, -0.2) is 4.79 Å². The summed E-state index contributed by atoms with van der Waals surface area (Å²) >= 11 is 0. The molecule has 140 valence electrons. The van der Waals surface area contributed by atoms with Gasteiger partial charge in [0.25, 0.3) is 0 Å². The number of aryl methyl sites for hydroxylation is 4. The highest BCUT2D eigenvalue weighted by molar-refractivity contribution is 5.72. The van der Waals surface area contributed by atoms with E-state index in [1.54, 1.807) is 12.1 Å². The average Bonchev–Trinajstić information content (AvgIpc) is 2.59. The van der Waals surface area contributed by atoms with Gasteiger partial charge < -0.3 is 14.9 Å². The molecule has 0 amide bonds. The van der Waals surface area contributed by atoms with Crippen LogP contribution in [0.2, 0.25) is 0 Å². The number of aromatic hydroxyl groups is 1. The van der Waals surface area contributed by atoms with Crippen LogP contribution in [0.4, 0.5) is 0 Å². The molecule has 4 heteroatoms. The number of carboxylic acid groups (broad SMARTS) is 1. The summed E-state index contributed by atoms with van der Waals surface area (Å²) in [6.07, 6.45) is 3.35. The maximum Gasteiger partial charge on any atom is 0.344 e. The molecular weight excluding hydrogens is 328 g/mol. The summed E-state index contributed by atoms with van der Waals surface area (Å²) in [7, 11) is 0. The first-order chi connectivity index (χ1) is 12.4. The summed E-state index contributed by atoms with van der Waals surface area (Å²) in [6, 6.07) is 11.5. The van der Waals surface area contributed by atoms with Gasteiger partial charge in [0.2, 0.25) is 0 Å². The second-order valence-corrected chi connectivity index (χ2v) is 6.94. The lowest BCUT2D eigenvalue weighted by Gasteiger charge is -2.15. The molecule has 0 aliphatic heterocycles. The van der Waals surface area contributed by atoms with E-state index >= 15 is 0 Å². The minimum absolute atomic E-state index is 0.367. The lowest BCUT2D eigenvalue weighted by Crippen LogP contribution is -2.26. The lowest BCUT2D eigenvalue weighted by molar-refractivity contribution is -0.145. The summed E-state index contributed by atoms with van der Waals surface area (Å²) in [4.78, 5) is 11.4. The van der Waals surface area contributed by atoms with Gasteiger partial charge in [-0.1, -0.05) is 36.2 Å². The molecule has 0 aromatic heterocycles. The van der Waals surface area contributed by atoms with Gasteiger partial charge in [0.1, 0.15) is 11.5 Å². The minimum atomic E-state index is -0.921. The first-order valence-corrected chi connectivity index (χ1v) is 9.12. The molecule has 2 aromatic rings. The minimum Gasteiger partial charge on any atom is -0.507 e.